The Morgan fingerprint density at radius 2 is 2.24 bits per heavy atom. The van der Waals surface area contributed by atoms with Crippen molar-refractivity contribution in [2.45, 2.75) is 45.7 Å². The second-order valence-electron chi connectivity index (χ2n) is 6.48. The molecule has 2 aromatic heterocycles. The van der Waals surface area contributed by atoms with Gasteiger partial charge in [-0.05, 0) is 24.6 Å². The van der Waals surface area contributed by atoms with Crippen LogP contribution < -0.4 is 10.6 Å². The van der Waals surface area contributed by atoms with E-state index >= 15 is 0 Å². The summed E-state index contributed by atoms with van der Waals surface area (Å²) in [6.45, 7) is 5.57. The zero-order chi connectivity index (χ0) is 17.4. The molecule has 0 unspecified atom stereocenters. The van der Waals surface area contributed by atoms with Crippen LogP contribution in [0, 0.1) is 0 Å². The number of fused-ring (bicyclic) bond motifs is 2. The van der Waals surface area contributed by atoms with E-state index in [0.717, 1.165) is 51.9 Å². The third-order valence-corrected chi connectivity index (χ3v) is 5.57. The standard InChI is InChI=1S/C17H20N6OS/c1-10(2)16-20-12-6-5-11(8-13(12)25-16)19-17(24)18-9-15-22-21-14-4-3-7-23(14)15/h5-6,8,10H,3-4,7,9H2,1-2H3,(H2,18,19,24). The molecule has 4 rings (SSSR count). The van der Waals surface area contributed by atoms with Crippen molar-refractivity contribution >= 4 is 33.3 Å². The number of aromatic nitrogens is 4. The molecule has 0 radical (unpaired) electrons. The lowest BCUT2D eigenvalue weighted by Crippen LogP contribution is -2.29. The molecule has 2 amide bonds. The van der Waals surface area contributed by atoms with Crippen LogP contribution in [-0.2, 0) is 19.5 Å². The van der Waals surface area contributed by atoms with Gasteiger partial charge in [0.15, 0.2) is 5.82 Å². The third-order valence-electron chi connectivity index (χ3n) is 4.25. The van der Waals surface area contributed by atoms with E-state index < -0.39 is 0 Å². The van der Waals surface area contributed by atoms with Gasteiger partial charge in [0.05, 0.1) is 21.8 Å². The van der Waals surface area contributed by atoms with Crippen LogP contribution in [0.1, 0.15) is 42.8 Å². The Bertz CT molecular complexity index is 929. The van der Waals surface area contributed by atoms with Crippen LogP contribution in [-0.4, -0.2) is 25.8 Å². The minimum Gasteiger partial charge on any atom is -0.331 e. The second kappa shape index (κ2) is 6.44. The molecule has 3 aromatic rings. The summed E-state index contributed by atoms with van der Waals surface area (Å²) >= 11 is 1.67. The Morgan fingerprint density at radius 1 is 1.36 bits per heavy atom. The van der Waals surface area contributed by atoms with Gasteiger partial charge < -0.3 is 15.2 Å². The summed E-state index contributed by atoms with van der Waals surface area (Å²) in [5.41, 5.74) is 1.73. The van der Waals surface area contributed by atoms with E-state index in [-0.39, 0.29) is 6.03 Å². The van der Waals surface area contributed by atoms with Crippen molar-refractivity contribution in [2.75, 3.05) is 5.32 Å². The molecule has 0 saturated carbocycles. The number of hydrogen-bond acceptors (Lipinski definition) is 5. The first-order valence-corrected chi connectivity index (χ1v) is 9.28. The second-order valence-corrected chi connectivity index (χ2v) is 7.55. The van der Waals surface area contributed by atoms with Gasteiger partial charge in [0.25, 0.3) is 0 Å². The molecule has 8 heteroatoms. The van der Waals surface area contributed by atoms with E-state index in [1.165, 1.54) is 0 Å². The average molecular weight is 356 g/mol. The Hall–Kier alpha value is -2.48. The summed E-state index contributed by atoms with van der Waals surface area (Å²) in [7, 11) is 0. The van der Waals surface area contributed by atoms with Crippen LogP contribution in [0.3, 0.4) is 0 Å². The van der Waals surface area contributed by atoms with Crippen LogP contribution in [0.2, 0.25) is 0 Å². The summed E-state index contributed by atoms with van der Waals surface area (Å²) in [6, 6.07) is 5.54. The number of carbonyl (C=O) groups is 1. The maximum absolute atomic E-state index is 12.2. The fourth-order valence-corrected chi connectivity index (χ4v) is 3.95. The SMILES string of the molecule is CC(C)c1nc2ccc(NC(=O)NCc3nnc4n3CCC4)cc2s1. The van der Waals surface area contributed by atoms with Crippen LogP contribution in [0.25, 0.3) is 10.2 Å². The number of thiazole rings is 1. The van der Waals surface area contributed by atoms with Gasteiger partial charge in [-0.25, -0.2) is 9.78 Å². The van der Waals surface area contributed by atoms with Crippen LogP contribution >= 0.6 is 11.3 Å². The largest absolute Gasteiger partial charge is 0.331 e. The van der Waals surface area contributed by atoms with E-state index in [4.69, 9.17) is 0 Å². The van der Waals surface area contributed by atoms with Gasteiger partial charge in [0.1, 0.15) is 5.82 Å². The fourth-order valence-electron chi connectivity index (χ4n) is 2.94. The maximum atomic E-state index is 12.2. The molecule has 0 atom stereocenters. The lowest BCUT2D eigenvalue weighted by molar-refractivity contribution is 0.251. The van der Waals surface area contributed by atoms with Crippen molar-refractivity contribution in [2.24, 2.45) is 0 Å². The molecule has 7 nitrogen and oxygen atoms in total. The minimum absolute atomic E-state index is 0.247. The van der Waals surface area contributed by atoms with Gasteiger partial charge >= 0.3 is 6.03 Å². The van der Waals surface area contributed by atoms with E-state index in [1.54, 1.807) is 11.3 Å². The van der Waals surface area contributed by atoms with Gasteiger partial charge in [0, 0.05) is 24.6 Å². The number of urea groups is 1. The minimum atomic E-state index is -0.247. The van der Waals surface area contributed by atoms with Crippen molar-refractivity contribution in [3.8, 4) is 0 Å². The molecule has 0 aliphatic carbocycles. The first-order valence-electron chi connectivity index (χ1n) is 8.46. The monoisotopic (exact) mass is 356 g/mol. The summed E-state index contributed by atoms with van der Waals surface area (Å²) < 4.78 is 3.16. The Balaban J connectivity index is 1.41. The molecule has 25 heavy (non-hydrogen) atoms. The highest BCUT2D eigenvalue weighted by Crippen LogP contribution is 2.29. The van der Waals surface area contributed by atoms with Gasteiger partial charge in [-0.3, -0.25) is 0 Å². The van der Waals surface area contributed by atoms with E-state index in [2.05, 4.69) is 44.2 Å². The van der Waals surface area contributed by atoms with Crippen LogP contribution in [0.5, 0.6) is 0 Å². The first-order chi connectivity index (χ1) is 12.1. The summed E-state index contributed by atoms with van der Waals surface area (Å²) in [6.07, 6.45) is 2.06. The predicted molar refractivity (Wildman–Crippen MR) is 97.9 cm³/mol. The number of anilines is 1. The van der Waals surface area contributed by atoms with Crippen LogP contribution in [0.4, 0.5) is 10.5 Å². The zero-order valence-electron chi connectivity index (χ0n) is 14.2. The molecular formula is C17H20N6OS. The van der Waals surface area contributed by atoms with Crippen molar-refractivity contribution in [1.82, 2.24) is 25.1 Å². The van der Waals surface area contributed by atoms with E-state index in [1.807, 2.05) is 18.2 Å². The van der Waals surface area contributed by atoms with Crippen molar-refractivity contribution in [3.05, 3.63) is 34.9 Å². The molecule has 0 saturated heterocycles. The fraction of sp³-hybridized carbons (Fsp3) is 0.412. The van der Waals surface area contributed by atoms with Crippen LogP contribution in [0.15, 0.2) is 18.2 Å². The summed E-state index contributed by atoms with van der Waals surface area (Å²) in [5, 5.41) is 15.1. The number of benzene rings is 1. The van der Waals surface area contributed by atoms with E-state index in [9.17, 15) is 4.79 Å². The molecule has 1 aromatic carbocycles. The smallest absolute Gasteiger partial charge is 0.319 e. The van der Waals surface area contributed by atoms with Crippen molar-refractivity contribution in [3.63, 3.8) is 0 Å². The molecule has 1 aliphatic rings. The zero-order valence-corrected chi connectivity index (χ0v) is 15.1. The highest BCUT2D eigenvalue weighted by molar-refractivity contribution is 7.18. The average Bonchev–Trinajstić information content (AvgIpc) is 3.28. The van der Waals surface area contributed by atoms with Gasteiger partial charge in [-0.15, -0.1) is 21.5 Å². The van der Waals surface area contributed by atoms with Gasteiger partial charge in [0.2, 0.25) is 0 Å². The molecule has 1 aliphatic heterocycles. The molecule has 3 heterocycles. The van der Waals surface area contributed by atoms with Crippen molar-refractivity contribution < 1.29 is 4.79 Å². The molecule has 0 bridgehead atoms. The maximum Gasteiger partial charge on any atom is 0.319 e. The predicted octanol–water partition coefficient (Wildman–Crippen LogP) is 3.28. The number of aryl methyl sites for hydroxylation is 1. The highest BCUT2D eigenvalue weighted by Gasteiger charge is 2.17. The highest BCUT2D eigenvalue weighted by atomic mass is 32.1. The molecule has 0 fully saturated rings. The normalized spacial score (nSPS) is 13.4. The Kier molecular flexibility index (Phi) is 4.12. The van der Waals surface area contributed by atoms with Gasteiger partial charge in [-0.1, -0.05) is 13.8 Å². The summed E-state index contributed by atoms with van der Waals surface area (Å²) in [4.78, 5) is 16.8. The number of carbonyl (C=O) groups excluding carboxylic acids is 1. The third kappa shape index (κ3) is 3.21. The van der Waals surface area contributed by atoms with E-state index in [0.29, 0.717) is 12.5 Å². The van der Waals surface area contributed by atoms with Crippen molar-refractivity contribution in [1.29, 1.82) is 0 Å². The van der Waals surface area contributed by atoms with Gasteiger partial charge in [-0.2, -0.15) is 0 Å². The molecule has 130 valence electrons. The number of amides is 2. The number of nitrogens with zero attached hydrogens (tertiary/aromatic N) is 4. The topological polar surface area (TPSA) is 84.7 Å². The quantitative estimate of drug-likeness (QED) is 0.751. The number of hydrogen-bond donors (Lipinski definition) is 2. The first kappa shape index (κ1) is 16.0. The Morgan fingerprint density at radius 3 is 3.08 bits per heavy atom. The number of rotatable bonds is 4. The summed E-state index contributed by atoms with van der Waals surface area (Å²) in [5.74, 6) is 2.22. The number of nitrogens with one attached hydrogen (secondary N) is 2. The molecule has 0 spiro atoms. The lowest BCUT2D eigenvalue weighted by Gasteiger charge is -2.08. The molecular weight excluding hydrogens is 336 g/mol. The lowest BCUT2D eigenvalue weighted by atomic mass is 10.2. The molecule has 2 N–H and O–H groups in total. The Labute approximate surface area is 149 Å².